The van der Waals surface area contributed by atoms with E-state index >= 15 is 0 Å². The van der Waals surface area contributed by atoms with Crippen molar-refractivity contribution in [2.75, 3.05) is 12.4 Å². The third-order valence-corrected chi connectivity index (χ3v) is 2.93. The van der Waals surface area contributed by atoms with Crippen molar-refractivity contribution in [1.29, 1.82) is 0 Å². The Morgan fingerprint density at radius 3 is 2.61 bits per heavy atom. The summed E-state index contributed by atoms with van der Waals surface area (Å²) in [6.45, 7) is 0. The molecule has 0 aliphatic rings. The molecule has 0 aliphatic carbocycles. The molecule has 2 rings (SSSR count). The summed E-state index contributed by atoms with van der Waals surface area (Å²) in [6.07, 6.45) is 0. The fourth-order valence-corrected chi connectivity index (χ4v) is 1.81. The predicted octanol–water partition coefficient (Wildman–Crippen LogP) is 4.19. The van der Waals surface area contributed by atoms with Gasteiger partial charge in [0.15, 0.2) is 10.3 Å². The fraction of sp³-hybridized carbons (Fsp3) is 0.0909. The second-order valence-electron chi connectivity index (χ2n) is 3.35. The average molecular weight is 305 g/mol. The zero-order chi connectivity index (χ0) is 13.1. The number of benzene rings is 1. The molecule has 18 heavy (non-hydrogen) atoms. The van der Waals surface area contributed by atoms with Crippen LogP contribution in [0.15, 0.2) is 24.3 Å². The second kappa shape index (κ2) is 5.61. The first-order chi connectivity index (χ1) is 8.60. The maximum Gasteiger partial charge on any atom is 0.175 e. The average Bonchev–Trinajstić information content (AvgIpc) is 2.36. The molecule has 0 saturated heterocycles. The Morgan fingerprint density at radius 1 is 1.11 bits per heavy atom. The van der Waals surface area contributed by atoms with Crippen LogP contribution in [-0.2, 0) is 0 Å². The summed E-state index contributed by atoms with van der Waals surface area (Å²) < 4.78 is 5.12. The number of halogens is 3. The van der Waals surface area contributed by atoms with Crippen LogP contribution in [0.2, 0.25) is 15.3 Å². The van der Waals surface area contributed by atoms with Gasteiger partial charge in [-0.25, -0.2) is 0 Å². The van der Waals surface area contributed by atoms with Gasteiger partial charge < -0.3 is 10.1 Å². The van der Waals surface area contributed by atoms with E-state index in [4.69, 9.17) is 39.5 Å². The molecule has 0 saturated carbocycles. The van der Waals surface area contributed by atoms with Crippen molar-refractivity contribution < 1.29 is 4.74 Å². The standard InChI is InChI=1S/C11H8Cl3N3O/c1-18-9-4-6(2-3-7(9)12)15-8-5-10(13)16-17-11(8)14/h2-5H,1H3,(H,15,16). The van der Waals surface area contributed by atoms with Gasteiger partial charge in [-0.05, 0) is 12.1 Å². The monoisotopic (exact) mass is 303 g/mol. The van der Waals surface area contributed by atoms with Gasteiger partial charge in [0, 0.05) is 17.8 Å². The lowest BCUT2D eigenvalue weighted by Crippen LogP contribution is -1.95. The number of aromatic nitrogens is 2. The van der Waals surface area contributed by atoms with E-state index in [1.807, 2.05) is 0 Å². The van der Waals surface area contributed by atoms with Crippen molar-refractivity contribution >= 4 is 46.2 Å². The van der Waals surface area contributed by atoms with Crippen LogP contribution < -0.4 is 10.1 Å². The van der Waals surface area contributed by atoms with Crippen molar-refractivity contribution in [2.45, 2.75) is 0 Å². The highest BCUT2D eigenvalue weighted by Crippen LogP contribution is 2.30. The highest BCUT2D eigenvalue weighted by atomic mass is 35.5. The van der Waals surface area contributed by atoms with Gasteiger partial charge in [-0.15, -0.1) is 10.2 Å². The number of hydrogen-bond acceptors (Lipinski definition) is 4. The molecule has 0 amide bonds. The molecule has 94 valence electrons. The highest BCUT2D eigenvalue weighted by Gasteiger charge is 2.06. The Morgan fingerprint density at radius 2 is 1.89 bits per heavy atom. The number of hydrogen-bond donors (Lipinski definition) is 1. The van der Waals surface area contributed by atoms with Crippen LogP contribution in [0.25, 0.3) is 0 Å². The maximum atomic E-state index is 5.93. The van der Waals surface area contributed by atoms with Crippen molar-refractivity contribution in [2.24, 2.45) is 0 Å². The molecular weight excluding hydrogens is 296 g/mol. The Kier molecular flexibility index (Phi) is 4.11. The van der Waals surface area contributed by atoms with E-state index in [0.29, 0.717) is 16.5 Å². The predicted molar refractivity (Wildman–Crippen MR) is 73.3 cm³/mol. The Labute approximate surface area is 119 Å². The molecule has 1 aromatic heterocycles. The first kappa shape index (κ1) is 13.2. The molecule has 0 unspecified atom stereocenters. The molecule has 0 spiro atoms. The lowest BCUT2D eigenvalue weighted by atomic mass is 10.3. The Bertz CT molecular complexity index is 577. The van der Waals surface area contributed by atoms with E-state index in [1.165, 1.54) is 0 Å². The first-order valence-electron chi connectivity index (χ1n) is 4.89. The van der Waals surface area contributed by atoms with Crippen LogP contribution in [0.3, 0.4) is 0 Å². The van der Waals surface area contributed by atoms with Crippen LogP contribution in [-0.4, -0.2) is 17.3 Å². The van der Waals surface area contributed by atoms with Crippen LogP contribution >= 0.6 is 34.8 Å². The fourth-order valence-electron chi connectivity index (χ4n) is 1.33. The Balaban J connectivity index is 2.31. The van der Waals surface area contributed by atoms with Gasteiger partial charge in [0.2, 0.25) is 0 Å². The van der Waals surface area contributed by atoms with Gasteiger partial charge in [0.1, 0.15) is 5.75 Å². The highest BCUT2D eigenvalue weighted by molar-refractivity contribution is 6.33. The third-order valence-electron chi connectivity index (χ3n) is 2.15. The minimum atomic E-state index is 0.230. The molecule has 2 aromatic rings. The lowest BCUT2D eigenvalue weighted by molar-refractivity contribution is 0.415. The van der Waals surface area contributed by atoms with E-state index in [-0.39, 0.29) is 10.3 Å². The number of nitrogens with one attached hydrogen (secondary N) is 1. The number of anilines is 2. The van der Waals surface area contributed by atoms with Crippen molar-refractivity contribution in [1.82, 2.24) is 10.2 Å². The molecular formula is C11H8Cl3N3O. The summed E-state index contributed by atoms with van der Waals surface area (Å²) in [7, 11) is 1.54. The van der Waals surface area contributed by atoms with Crippen LogP contribution in [0.5, 0.6) is 5.75 Å². The van der Waals surface area contributed by atoms with E-state index in [2.05, 4.69) is 15.5 Å². The molecule has 0 atom stereocenters. The lowest BCUT2D eigenvalue weighted by Gasteiger charge is -2.10. The zero-order valence-corrected chi connectivity index (χ0v) is 11.5. The second-order valence-corrected chi connectivity index (χ2v) is 4.50. The molecule has 7 heteroatoms. The summed E-state index contributed by atoms with van der Waals surface area (Å²) in [4.78, 5) is 0. The number of ether oxygens (including phenoxy) is 1. The molecule has 4 nitrogen and oxygen atoms in total. The van der Waals surface area contributed by atoms with Crippen molar-refractivity contribution in [3.8, 4) is 5.75 Å². The van der Waals surface area contributed by atoms with Gasteiger partial charge in [-0.3, -0.25) is 0 Å². The topological polar surface area (TPSA) is 47.0 Å². The molecule has 0 radical (unpaired) electrons. The molecule has 0 aliphatic heterocycles. The summed E-state index contributed by atoms with van der Waals surface area (Å²) in [5, 5.41) is 11.4. The van der Waals surface area contributed by atoms with Crippen molar-refractivity contribution in [3.63, 3.8) is 0 Å². The van der Waals surface area contributed by atoms with Gasteiger partial charge >= 0.3 is 0 Å². The number of rotatable bonds is 3. The van der Waals surface area contributed by atoms with Gasteiger partial charge in [0.25, 0.3) is 0 Å². The van der Waals surface area contributed by atoms with E-state index in [1.54, 1.807) is 31.4 Å². The number of nitrogens with zero attached hydrogens (tertiary/aromatic N) is 2. The summed E-state index contributed by atoms with van der Waals surface area (Å²) in [6, 6.07) is 6.83. The minimum absolute atomic E-state index is 0.230. The molecule has 1 N–H and O–H groups in total. The molecule has 0 fully saturated rings. The van der Waals surface area contributed by atoms with Gasteiger partial charge in [-0.1, -0.05) is 34.8 Å². The normalized spacial score (nSPS) is 10.2. The third kappa shape index (κ3) is 2.96. The Hall–Kier alpha value is -1.23. The maximum absolute atomic E-state index is 5.93. The van der Waals surface area contributed by atoms with Crippen LogP contribution in [0, 0.1) is 0 Å². The van der Waals surface area contributed by atoms with Gasteiger partial charge in [0.05, 0.1) is 17.8 Å². The SMILES string of the molecule is COc1cc(Nc2cc(Cl)nnc2Cl)ccc1Cl. The van der Waals surface area contributed by atoms with Crippen LogP contribution in [0.1, 0.15) is 0 Å². The van der Waals surface area contributed by atoms with E-state index in [0.717, 1.165) is 5.69 Å². The first-order valence-corrected chi connectivity index (χ1v) is 6.03. The van der Waals surface area contributed by atoms with Crippen molar-refractivity contribution in [3.05, 3.63) is 39.6 Å². The van der Waals surface area contributed by atoms with E-state index in [9.17, 15) is 0 Å². The van der Waals surface area contributed by atoms with Gasteiger partial charge in [-0.2, -0.15) is 0 Å². The molecule has 1 heterocycles. The van der Waals surface area contributed by atoms with E-state index < -0.39 is 0 Å². The number of methoxy groups -OCH3 is 1. The smallest absolute Gasteiger partial charge is 0.175 e. The molecule has 1 aromatic carbocycles. The molecule has 0 bridgehead atoms. The quantitative estimate of drug-likeness (QED) is 0.923. The summed E-state index contributed by atoms with van der Waals surface area (Å²) in [5.41, 5.74) is 1.31. The summed E-state index contributed by atoms with van der Waals surface area (Å²) in [5.74, 6) is 0.561. The summed E-state index contributed by atoms with van der Waals surface area (Å²) >= 11 is 17.6. The largest absolute Gasteiger partial charge is 0.495 e. The minimum Gasteiger partial charge on any atom is -0.495 e. The zero-order valence-electron chi connectivity index (χ0n) is 9.25. The van der Waals surface area contributed by atoms with Crippen LogP contribution in [0.4, 0.5) is 11.4 Å².